The standard InChI is InChI=1S/C16H30BrN3/c1-4-5-6-7-8-9-10-11-12-18-13-15-16(17)14(2)19-20(15)3/h18H,4-13H2,1-3H3. The number of nitrogens with one attached hydrogen (secondary N) is 1. The van der Waals surface area contributed by atoms with E-state index >= 15 is 0 Å². The Balaban J connectivity index is 2.00. The molecule has 0 unspecified atom stereocenters. The molecule has 1 heterocycles. The van der Waals surface area contributed by atoms with E-state index in [4.69, 9.17) is 0 Å². The third kappa shape index (κ3) is 6.40. The van der Waals surface area contributed by atoms with E-state index in [1.54, 1.807) is 0 Å². The van der Waals surface area contributed by atoms with E-state index in [-0.39, 0.29) is 0 Å². The molecule has 0 aromatic carbocycles. The summed E-state index contributed by atoms with van der Waals surface area (Å²) in [5, 5.41) is 7.92. The fraction of sp³-hybridized carbons (Fsp3) is 0.812. The molecular formula is C16H30BrN3. The highest BCUT2D eigenvalue weighted by Crippen LogP contribution is 2.19. The molecule has 4 heteroatoms. The molecule has 0 atom stereocenters. The topological polar surface area (TPSA) is 29.9 Å². The molecule has 0 radical (unpaired) electrons. The predicted molar refractivity (Wildman–Crippen MR) is 90.0 cm³/mol. The van der Waals surface area contributed by atoms with Crippen molar-refractivity contribution in [3.05, 3.63) is 15.9 Å². The van der Waals surface area contributed by atoms with Gasteiger partial charge in [-0.05, 0) is 35.8 Å². The monoisotopic (exact) mass is 343 g/mol. The quantitative estimate of drug-likeness (QED) is 0.589. The summed E-state index contributed by atoms with van der Waals surface area (Å²) in [7, 11) is 2.01. The van der Waals surface area contributed by atoms with Gasteiger partial charge in [0.1, 0.15) is 0 Å². The molecule has 0 aliphatic rings. The smallest absolute Gasteiger partial charge is 0.0739 e. The van der Waals surface area contributed by atoms with Crippen molar-refractivity contribution in [2.24, 2.45) is 7.05 Å². The number of aromatic nitrogens is 2. The Kier molecular flexibility index (Phi) is 9.19. The second-order valence-electron chi connectivity index (χ2n) is 5.62. The van der Waals surface area contributed by atoms with Gasteiger partial charge in [0, 0.05) is 13.6 Å². The molecule has 3 nitrogen and oxygen atoms in total. The molecule has 0 aliphatic carbocycles. The summed E-state index contributed by atoms with van der Waals surface area (Å²) in [5.74, 6) is 0. The van der Waals surface area contributed by atoms with E-state index < -0.39 is 0 Å². The van der Waals surface area contributed by atoms with Crippen molar-refractivity contribution in [2.45, 2.75) is 71.8 Å². The van der Waals surface area contributed by atoms with Crippen molar-refractivity contribution in [2.75, 3.05) is 6.54 Å². The van der Waals surface area contributed by atoms with Gasteiger partial charge in [-0.2, -0.15) is 5.10 Å². The number of rotatable bonds is 11. The van der Waals surface area contributed by atoms with Crippen LogP contribution in [0.1, 0.15) is 69.7 Å². The van der Waals surface area contributed by atoms with E-state index in [9.17, 15) is 0 Å². The summed E-state index contributed by atoms with van der Waals surface area (Å²) in [6, 6.07) is 0. The fourth-order valence-corrected chi connectivity index (χ4v) is 2.94. The first-order valence-electron chi connectivity index (χ1n) is 8.05. The molecule has 1 rings (SSSR count). The molecule has 116 valence electrons. The summed E-state index contributed by atoms with van der Waals surface area (Å²) in [6.45, 7) is 6.31. The van der Waals surface area contributed by atoms with E-state index in [0.29, 0.717) is 0 Å². The summed E-state index contributed by atoms with van der Waals surface area (Å²) < 4.78 is 3.10. The molecule has 1 N–H and O–H groups in total. The zero-order valence-corrected chi connectivity index (χ0v) is 14.9. The zero-order valence-electron chi connectivity index (χ0n) is 13.3. The highest BCUT2D eigenvalue weighted by Gasteiger charge is 2.09. The third-order valence-corrected chi connectivity index (χ3v) is 4.79. The van der Waals surface area contributed by atoms with Crippen LogP contribution in [0.4, 0.5) is 0 Å². The third-order valence-electron chi connectivity index (χ3n) is 3.76. The van der Waals surface area contributed by atoms with Gasteiger partial charge in [0.05, 0.1) is 15.9 Å². The lowest BCUT2D eigenvalue weighted by Gasteiger charge is -2.06. The van der Waals surface area contributed by atoms with Gasteiger partial charge < -0.3 is 5.32 Å². The zero-order chi connectivity index (χ0) is 14.8. The van der Waals surface area contributed by atoms with E-state index in [2.05, 4.69) is 33.3 Å². The lowest BCUT2D eigenvalue weighted by Crippen LogP contribution is -2.17. The van der Waals surface area contributed by atoms with Crippen molar-refractivity contribution in [3.8, 4) is 0 Å². The van der Waals surface area contributed by atoms with Gasteiger partial charge in [-0.3, -0.25) is 4.68 Å². The largest absolute Gasteiger partial charge is 0.311 e. The molecule has 0 spiro atoms. The highest BCUT2D eigenvalue weighted by molar-refractivity contribution is 9.10. The molecule has 20 heavy (non-hydrogen) atoms. The van der Waals surface area contributed by atoms with E-state index in [1.165, 1.54) is 57.1 Å². The van der Waals surface area contributed by atoms with Crippen LogP contribution in [0.5, 0.6) is 0 Å². The number of unbranched alkanes of at least 4 members (excludes halogenated alkanes) is 7. The van der Waals surface area contributed by atoms with Crippen LogP contribution in [0.25, 0.3) is 0 Å². The Bertz CT molecular complexity index is 374. The van der Waals surface area contributed by atoms with Gasteiger partial charge in [0.2, 0.25) is 0 Å². The summed E-state index contributed by atoms with van der Waals surface area (Å²) >= 11 is 3.60. The Labute approximate surface area is 132 Å². The number of halogens is 1. The highest BCUT2D eigenvalue weighted by atomic mass is 79.9. The average Bonchev–Trinajstić information content (AvgIpc) is 2.67. The Morgan fingerprint density at radius 3 is 2.20 bits per heavy atom. The molecule has 0 bridgehead atoms. The molecular weight excluding hydrogens is 314 g/mol. The van der Waals surface area contributed by atoms with Gasteiger partial charge in [-0.1, -0.05) is 51.9 Å². The minimum Gasteiger partial charge on any atom is -0.311 e. The van der Waals surface area contributed by atoms with Crippen molar-refractivity contribution in [1.29, 1.82) is 0 Å². The van der Waals surface area contributed by atoms with Crippen LogP contribution >= 0.6 is 15.9 Å². The molecule has 0 amide bonds. The Morgan fingerprint density at radius 1 is 1.05 bits per heavy atom. The minimum absolute atomic E-state index is 0.897. The first kappa shape index (κ1) is 17.7. The molecule has 1 aromatic rings. The molecule has 0 fully saturated rings. The number of hydrogen-bond donors (Lipinski definition) is 1. The minimum atomic E-state index is 0.897. The van der Waals surface area contributed by atoms with Gasteiger partial charge in [0.25, 0.3) is 0 Å². The molecule has 1 aromatic heterocycles. The Hall–Kier alpha value is -0.350. The van der Waals surface area contributed by atoms with Gasteiger partial charge in [0.15, 0.2) is 0 Å². The van der Waals surface area contributed by atoms with E-state index in [1.807, 2.05) is 18.7 Å². The first-order chi connectivity index (χ1) is 9.66. The van der Waals surface area contributed by atoms with Crippen molar-refractivity contribution < 1.29 is 0 Å². The maximum Gasteiger partial charge on any atom is 0.0739 e. The number of aryl methyl sites for hydroxylation is 2. The maximum atomic E-state index is 4.40. The SMILES string of the molecule is CCCCCCCCCCNCc1c(Br)c(C)nn1C. The summed E-state index contributed by atoms with van der Waals surface area (Å²) in [5.41, 5.74) is 2.30. The van der Waals surface area contributed by atoms with Crippen LogP contribution < -0.4 is 5.32 Å². The summed E-state index contributed by atoms with van der Waals surface area (Å²) in [4.78, 5) is 0. The van der Waals surface area contributed by atoms with E-state index in [0.717, 1.165) is 23.3 Å². The van der Waals surface area contributed by atoms with Crippen molar-refractivity contribution >= 4 is 15.9 Å². The van der Waals surface area contributed by atoms with Crippen LogP contribution in [0.2, 0.25) is 0 Å². The van der Waals surface area contributed by atoms with Crippen LogP contribution in [0.3, 0.4) is 0 Å². The van der Waals surface area contributed by atoms with Crippen LogP contribution in [-0.2, 0) is 13.6 Å². The van der Waals surface area contributed by atoms with Crippen molar-refractivity contribution in [1.82, 2.24) is 15.1 Å². The van der Waals surface area contributed by atoms with Crippen LogP contribution in [0, 0.1) is 6.92 Å². The summed E-state index contributed by atoms with van der Waals surface area (Å²) in [6.07, 6.45) is 11.0. The average molecular weight is 344 g/mol. The van der Waals surface area contributed by atoms with Gasteiger partial charge in [-0.15, -0.1) is 0 Å². The van der Waals surface area contributed by atoms with Crippen LogP contribution in [0.15, 0.2) is 4.47 Å². The first-order valence-corrected chi connectivity index (χ1v) is 8.84. The number of hydrogen-bond acceptors (Lipinski definition) is 2. The second kappa shape index (κ2) is 10.4. The van der Waals surface area contributed by atoms with Gasteiger partial charge >= 0.3 is 0 Å². The fourth-order valence-electron chi connectivity index (χ4n) is 2.46. The molecule has 0 saturated carbocycles. The molecule has 0 saturated heterocycles. The predicted octanol–water partition coefficient (Wildman–Crippen LogP) is 4.72. The molecule has 0 aliphatic heterocycles. The number of nitrogens with zero attached hydrogens (tertiary/aromatic N) is 2. The Morgan fingerprint density at radius 2 is 1.65 bits per heavy atom. The van der Waals surface area contributed by atoms with Gasteiger partial charge in [-0.25, -0.2) is 0 Å². The second-order valence-corrected chi connectivity index (χ2v) is 6.41. The maximum absolute atomic E-state index is 4.40. The lowest BCUT2D eigenvalue weighted by molar-refractivity contribution is 0.547. The normalized spacial score (nSPS) is 11.2. The van der Waals surface area contributed by atoms with Crippen LogP contribution in [-0.4, -0.2) is 16.3 Å². The van der Waals surface area contributed by atoms with Crippen molar-refractivity contribution in [3.63, 3.8) is 0 Å². The lowest BCUT2D eigenvalue weighted by atomic mass is 10.1.